The number of sulfonamides is 2. The molecule has 0 unspecified atom stereocenters. The number of amides is 1. The van der Waals surface area contributed by atoms with Gasteiger partial charge in [-0.05, 0) is 68.4 Å². The molecule has 0 atom stereocenters. The van der Waals surface area contributed by atoms with Crippen LogP contribution in [-0.2, 0) is 24.8 Å². The van der Waals surface area contributed by atoms with Crippen LogP contribution in [0, 0.1) is 0 Å². The summed E-state index contributed by atoms with van der Waals surface area (Å²) in [6.45, 7) is 3.04. The van der Waals surface area contributed by atoms with Gasteiger partial charge in [0.05, 0.1) is 9.79 Å². The smallest absolute Gasteiger partial charge is 0.262 e. The summed E-state index contributed by atoms with van der Waals surface area (Å²) >= 11 is 0. The Balaban J connectivity index is 1.29. The number of piperazine rings is 1. The molecule has 2 heterocycles. The van der Waals surface area contributed by atoms with Crippen molar-refractivity contribution in [1.82, 2.24) is 13.5 Å². The number of likely N-dealkylation sites (N-methyl/N-ethyl adjacent to an activating group) is 1. The van der Waals surface area contributed by atoms with E-state index in [-0.39, 0.29) is 16.4 Å². The molecule has 0 radical (unpaired) electrons. The summed E-state index contributed by atoms with van der Waals surface area (Å²) in [5, 5.41) is 2.68. The zero-order chi connectivity index (χ0) is 26.5. The number of anilines is 1. The number of nitrogens with one attached hydrogen (secondary N) is 1. The van der Waals surface area contributed by atoms with Crippen LogP contribution in [0.2, 0.25) is 0 Å². The summed E-state index contributed by atoms with van der Waals surface area (Å²) in [5.41, 5.74) is 0.449. The van der Waals surface area contributed by atoms with Crippen LogP contribution >= 0.6 is 0 Å². The monoisotopic (exact) mass is 550 g/mol. The Morgan fingerprint density at radius 2 is 1.22 bits per heavy atom. The second-order valence-electron chi connectivity index (χ2n) is 9.36. The van der Waals surface area contributed by atoms with E-state index in [0.29, 0.717) is 50.7 Å². The molecular weight excluding hydrogens is 516 g/mol. The van der Waals surface area contributed by atoms with Crippen LogP contribution in [0.5, 0.6) is 5.75 Å². The van der Waals surface area contributed by atoms with Crippen molar-refractivity contribution >= 4 is 31.6 Å². The lowest BCUT2D eigenvalue weighted by molar-refractivity contribution is -0.118. The summed E-state index contributed by atoms with van der Waals surface area (Å²) in [5.74, 6) is -0.0467. The maximum Gasteiger partial charge on any atom is 0.262 e. The molecular formula is C25H34N4O6S2. The number of benzene rings is 2. The Kier molecular flexibility index (Phi) is 8.86. The Labute approximate surface area is 219 Å². The van der Waals surface area contributed by atoms with Gasteiger partial charge in [0.25, 0.3) is 5.91 Å². The van der Waals surface area contributed by atoms with Gasteiger partial charge in [-0.25, -0.2) is 16.8 Å². The van der Waals surface area contributed by atoms with Crippen molar-refractivity contribution in [3.8, 4) is 5.75 Å². The SMILES string of the molecule is CN1CCN(S(=O)(=O)c2ccc(NC(=O)COc3ccc(S(=O)(=O)N4CCCCCC4)cc3)cc2)CC1. The number of hydrogen-bond acceptors (Lipinski definition) is 7. The molecule has 12 heteroatoms. The molecule has 2 aliphatic heterocycles. The van der Waals surface area contributed by atoms with Gasteiger partial charge in [0.15, 0.2) is 6.61 Å². The van der Waals surface area contributed by atoms with Crippen LogP contribution < -0.4 is 10.1 Å². The number of rotatable bonds is 8. The molecule has 1 N–H and O–H groups in total. The average Bonchev–Trinajstić information content (AvgIpc) is 3.19. The molecule has 0 saturated carbocycles. The summed E-state index contributed by atoms with van der Waals surface area (Å²) in [4.78, 5) is 14.8. The fraction of sp³-hybridized carbons (Fsp3) is 0.480. The molecule has 2 aromatic rings. The minimum Gasteiger partial charge on any atom is -0.484 e. The molecule has 0 aliphatic carbocycles. The van der Waals surface area contributed by atoms with E-state index in [1.54, 1.807) is 12.1 Å². The number of carbonyl (C=O) groups is 1. The lowest BCUT2D eigenvalue weighted by atomic mass is 10.2. The second-order valence-corrected chi connectivity index (χ2v) is 13.2. The van der Waals surface area contributed by atoms with E-state index in [4.69, 9.17) is 4.74 Å². The van der Waals surface area contributed by atoms with Crippen molar-refractivity contribution in [2.45, 2.75) is 35.5 Å². The molecule has 4 rings (SSSR count). The highest BCUT2D eigenvalue weighted by molar-refractivity contribution is 7.89. The normalized spacial score (nSPS) is 18.7. The third kappa shape index (κ3) is 6.88. The first kappa shape index (κ1) is 27.5. The summed E-state index contributed by atoms with van der Waals surface area (Å²) in [7, 11) is -5.16. The van der Waals surface area contributed by atoms with Gasteiger partial charge >= 0.3 is 0 Å². The molecule has 10 nitrogen and oxygen atoms in total. The van der Waals surface area contributed by atoms with Gasteiger partial charge in [-0.15, -0.1) is 0 Å². The average molecular weight is 551 g/mol. The van der Waals surface area contributed by atoms with Crippen LogP contribution in [0.3, 0.4) is 0 Å². The molecule has 37 heavy (non-hydrogen) atoms. The Bertz CT molecular complexity index is 1270. The quantitative estimate of drug-likeness (QED) is 0.536. The Morgan fingerprint density at radius 3 is 1.76 bits per heavy atom. The molecule has 0 bridgehead atoms. The standard InChI is InChI=1S/C25H34N4O6S2/c1-27-16-18-29(19-17-27)37(33,34)23-10-6-21(7-11-23)26-25(30)20-35-22-8-12-24(13-9-22)36(31,32)28-14-4-2-3-5-15-28/h6-13H,2-5,14-20H2,1H3,(H,26,30). The van der Waals surface area contributed by atoms with Gasteiger partial charge < -0.3 is 15.0 Å². The summed E-state index contributed by atoms with van der Waals surface area (Å²) < 4.78 is 60.0. The summed E-state index contributed by atoms with van der Waals surface area (Å²) in [6, 6.07) is 12.1. The van der Waals surface area contributed by atoms with Crippen molar-refractivity contribution in [1.29, 1.82) is 0 Å². The van der Waals surface area contributed by atoms with Gasteiger partial charge in [0, 0.05) is 45.0 Å². The molecule has 0 aromatic heterocycles. The lowest BCUT2D eigenvalue weighted by Crippen LogP contribution is -2.46. The van der Waals surface area contributed by atoms with Crippen molar-refractivity contribution in [2.75, 3.05) is 58.2 Å². The highest BCUT2D eigenvalue weighted by atomic mass is 32.2. The van der Waals surface area contributed by atoms with Crippen LogP contribution in [0.15, 0.2) is 58.3 Å². The molecule has 2 aromatic carbocycles. The first-order chi connectivity index (χ1) is 17.7. The van der Waals surface area contributed by atoms with Gasteiger partial charge in [-0.3, -0.25) is 4.79 Å². The van der Waals surface area contributed by atoms with Crippen molar-refractivity contribution in [2.24, 2.45) is 0 Å². The van der Waals surface area contributed by atoms with Crippen LogP contribution in [0.1, 0.15) is 25.7 Å². The van der Waals surface area contributed by atoms with Crippen molar-refractivity contribution in [3.63, 3.8) is 0 Å². The lowest BCUT2D eigenvalue weighted by Gasteiger charge is -2.31. The van der Waals surface area contributed by atoms with E-state index >= 15 is 0 Å². The predicted octanol–water partition coefficient (Wildman–Crippen LogP) is 2.20. The van der Waals surface area contributed by atoms with E-state index in [2.05, 4.69) is 10.2 Å². The van der Waals surface area contributed by atoms with Crippen molar-refractivity contribution < 1.29 is 26.4 Å². The molecule has 0 spiro atoms. The number of nitrogens with zero attached hydrogens (tertiary/aromatic N) is 3. The largest absolute Gasteiger partial charge is 0.484 e. The highest BCUT2D eigenvalue weighted by Gasteiger charge is 2.27. The van der Waals surface area contributed by atoms with E-state index < -0.39 is 26.0 Å². The molecule has 1 amide bonds. The molecule has 2 aliphatic rings. The first-order valence-electron chi connectivity index (χ1n) is 12.5. The Hall–Kier alpha value is -2.51. The van der Waals surface area contributed by atoms with Gasteiger partial charge in [-0.2, -0.15) is 8.61 Å². The number of carbonyl (C=O) groups excluding carboxylic acids is 1. The summed E-state index contributed by atoms with van der Waals surface area (Å²) in [6.07, 6.45) is 3.82. The van der Waals surface area contributed by atoms with E-state index in [9.17, 15) is 21.6 Å². The maximum atomic E-state index is 12.9. The molecule has 202 valence electrons. The zero-order valence-corrected chi connectivity index (χ0v) is 22.6. The topological polar surface area (TPSA) is 116 Å². The number of ether oxygens (including phenoxy) is 1. The van der Waals surface area contributed by atoms with Crippen LogP contribution in [0.25, 0.3) is 0 Å². The molecule has 2 fully saturated rings. The second kappa shape index (κ2) is 11.9. The fourth-order valence-electron chi connectivity index (χ4n) is 4.37. The third-order valence-electron chi connectivity index (χ3n) is 6.63. The third-order valence-corrected chi connectivity index (χ3v) is 10.5. The Morgan fingerprint density at radius 1 is 0.730 bits per heavy atom. The highest BCUT2D eigenvalue weighted by Crippen LogP contribution is 2.23. The predicted molar refractivity (Wildman–Crippen MR) is 140 cm³/mol. The van der Waals surface area contributed by atoms with Crippen LogP contribution in [-0.4, -0.2) is 89.2 Å². The minimum atomic E-state index is -3.58. The first-order valence-corrected chi connectivity index (χ1v) is 15.4. The van der Waals surface area contributed by atoms with Gasteiger partial charge in [0.2, 0.25) is 20.0 Å². The molecule has 2 saturated heterocycles. The fourth-order valence-corrected chi connectivity index (χ4v) is 7.31. The van der Waals surface area contributed by atoms with Gasteiger partial charge in [-0.1, -0.05) is 12.8 Å². The van der Waals surface area contributed by atoms with Crippen molar-refractivity contribution in [3.05, 3.63) is 48.5 Å². The zero-order valence-electron chi connectivity index (χ0n) is 21.0. The van der Waals surface area contributed by atoms with E-state index in [1.165, 1.54) is 45.0 Å². The number of hydrogen-bond donors (Lipinski definition) is 1. The maximum absolute atomic E-state index is 12.9. The van der Waals surface area contributed by atoms with E-state index in [0.717, 1.165) is 25.7 Å². The van der Waals surface area contributed by atoms with E-state index in [1.807, 2.05) is 7.05 Å². The van der Waals surface area contributed by atoms with Gasteiger partial charge in [0.1, 0.15) is 5.75 Å². The minimum absolute atomic E-state index is 0.182. The van der Waals surface area contributed by atoms with Crippen LogP contribution in [0.4, 0.5) is 5.69 Å².